The predicted molar refractivity (Wildman–Crippen MR) is 49.2 cm³/mol. The van der Waals surface area contributed by atoms with E-state index in [0.717, 1.165) is 17.1 Å². The second-order valence-corrected chi connectivity index (χ2v) is 2.59. The van der Waals surface area contributed by atoms with Gasteiger partial charge in [0.25, 0.3) is 0 Å². The van der Waals surface area contributed by atoms with Gasteiger partial charge in [0.15, 0.2) is 5.96 Å². The molecule has 0 radical (unpaired) electrons. The van der Waals surface area contributed by atoms with Crippen LogP contribution < -0.4 is 11.5 Å². The highest BCUT2D eigenvalue weighted by molar-refractivity contribution is 5.79. The smallest absolute Gasteiger partial charge is 0.191 e. The lowest BCUT2D eigenvalue weighted by atomic mass is 10.3. The molecule has 0 aliphatic rings. The maximum atomic E-state index is 5.23. The van der Waals surface area contributed by atoms with Crippen LogP contribution in [0, 0.1) is 13.8 Å². The van der Waals surface area contributed by atoms with Gasteiger partial charge in [0, 0.05) is 5.69 Å². The van der Waals surface area contributed by atoms with Crippen LogP contribution >= 0.6 is 0 Å². The van der Waals surface area contributed by atoms with E-state index >= 15 is 0 Å². The van der Waals surface area contributed by atoms with E-state index in [4.69, 9.17) is 11.5 Å². The minimum atomic E-state index is 0.0590. The Balaban J connectivity index is 3.10. The van der Waals surface area contributed by atoms with E-state index in [1.807, 2.05) is 26.0 Å². The Morgan fingerprint density at radius 2 is 2.00 bits per heavy atom. The van der Waals surface area contributed by atoms with E-state index in [2.05, 4.69) is 9.98 Å². The molecule has 1 heterocycles. The average Bonchev–Trinajstić information content (AvgIpc) is 1.94. The minimum Gasteiger partial charge on any atom is -0.370 e. The van der Waals surface area contributed by atoms with Crippen LogP contribution in [0.3, 0.4) is 0 Å². The fourth-order valence-electron chi connectivity index (χ4n) is 0.936. The van der Waals surface area contributed by atoms with Gasteiger partial charge < -0.3 is 11.5 Å². The van der Waals surface area contributed by atoms with E-state index in [0.29, 0.717) is 0 Å². The molecule has 4 N–H and O–H groups in total. The summed E-state index contributed by atoms with van der Waals surface area (Å²) in [6.45, 7) is 3.79. The molecular weight excluding hydrogens is 152 g/mol. The van der Waals surface area contributed by atoms with Crippen LogP contribution in [-0.2, 0) is 0 Å². The van der Waals surface area contributed by atoms with Crippen LogP contribution in [0.5, 0.6) is 0 Å². The molecule has 4 nitrogen and oxygen atoms in total. The van der Waals surface area contributed by atoms with E-state index in [1.54, 1.807) is 0 Å². The van der Waals surface area contributed by atoms with Crippen molar-refractivity contribution in [1.82, 2.24) is 4.98 Å². The summed E-state index contributed by atoms with van der Waals surface area (Å²) >= 11 is 0. The number of hydrogen-bond acceptors (Lipinski definition) is 2. The van der Waals surface area contributed by atoms with Crippen LogP contribution in [0.4, 0.5) is 5.69 Å². The highest BCUT2D eigenvalue weighted by Crippen LogP contribution is 2.15. The van der Waals surface area contributed by atoms with Crippen molar-refractivity contribution in [2.75, 3.05) is 0 Å². The van der Waals surface area contributed by atoms with Crippen LogP contribution in [0.2, 0.25) is 0 Å². The SMILES string of the molecule is Cc1ccc(N=C(N)N)c(C)n1. The predicted octanol–water partition coefficient (Wildman–Crippen LogP) is 0.603. The number of pyridine rings is 1. The third kappa shape index (κ3) is 1.95. The van der Waals surface area contributed by atoms with E-state index < -0.39 is 0 Å². The number of nitrogens with zero attached hydrogens (tertiary/aromatic N) is 2. The molecule has 1 aromatic heterocycles. The van der Waals surface area contributed by atoms with Gasteiger partial charge >= 0.3 is 0 Å². The zero-order chi connectivity index (χ0) is 9.14. The quantitative estimate of drug-likeness (QED) is 0.471. The molecule has 1 rings (SSSR count). The van der Waals surface area contributed by atoms with Gasteiger partial charge in [-0.1, -0.05) is 0 Å². The summed E-state index contributed by atoms with van der Waals surface area (Å²) in [5.74, 6) is 0.0590. The van der Waals surface area contributed by atoms with Gasteiger partial charge in [-0.25, -0.2) is 4.99 Å². The lowest BCUT2D eigenvalue weighted by Gasteiger charge is -2.00. The van der Waals surface area contributed by atoms with Crippen molar-refractivity contribution in [3.63, 3.8) is 0 Å². The summed E-state index contributed by atoms with van der Waals surface area (Å²) in [7, 11) is 0. The fraction of sp³-hybridized carbons (Fsp3) is 0.250. The van der Waals surface area contributed by atoms with E-state index in [-0.39, 0.29) is 5.96 Å². The summed E-state index contributed by atoms with van der Waals surface area (Å²) in [6, 6.07) is 3.71. The molecule has 0 atom stereocenters. The van der Waals surface area contributed by atoms with Gasteiger partial charge in [0.2, 0.25) is 0 Å². The van der Waals surface area contributed by atoms with Gasteiger partial charge in [-0.3, -0.25) is 4.98 Å². The van der Waals surface area contributed by atoms with Gasteiger partial charge in [-0.2, -0.15) is 0 Å². The van der Waals surface area contributed by atoms with Crippen LogP contribution in [0.1, 0.15) is 11.4 Å². The van der Waals surface area contributed by atoms with Gasteiger partial charge in [-0.15, -0.1) is 0 Å². The molecule has 0 spiro atoms. The monoisotopic (exact) mass is 164 g/mol. The molecule has 0 fully saturated rings. The average molecular weight is 164 g/mol. The summed E-state index contributed by atoms with van der Waals surface area (Å²) in [5.41, 5.74) is 13.0. The molecule has 4 heteroatoms. The van der Waals surface area contributed by atoms with Crippen molar-refractivity contribution in [3.05, 3.63) is 23.5 Å². The molecule has 0 saturated carbocycles. The van der Waals surface area contributed by atoms with Crippen molar-refractivity contribution in [3.8, 4) is 0 Å². The first-order chi connectivity index (χ1) is 5.59. The molecule has 12 heavy (non-hydrogen) atoms. The van der Waals surface area contributed by atoms with Gasteiger partial charge in [0.1, 0.15) is 0 Å². The lowest BCUT2D eigenvalue weighted by molar-refractivity contribution is 1.11. The van der Waals surface area contributed by atoms with Crippen molar-refractivity contribution < 1.29 is 0 Å². The van der Waals surface area contributed by atoms with E-state index in [9.17, 15) is 0 Å². The Morgan fingerprint density at radius 3 is 2.50 bits per heavy atom. The molecule has 0 aliphatic carbocycles. The molecule has 0 unspecified atom stereocenters. The van der Waals surface area contributed by atoms with Crippen LogP contribution in [-0.4, -0.2) is 10.9 Å². The maximum absolute atomic E-state index is 5.23. The lowest BCUT2D eigenvalue weighted by Crippen LogP contribution is -2.22. The molecule has 0 aromatic carbocycles. The molecular formula is C8H12N4. The zero-order valence-electron chi connectivity index (χ0n) is 7.20. The van der Waals surface area contributed by atoms with E-state index in [1.165, 1.54) is 0 Å². The molecule has 0 amide bonds. The Kier molecular flexibility index (Phi) is 2.28. The van der Waals surface area contributed by atoms with Crippen LogP contribution in [0.25, 0.3) is 0 Å². The number of guanidine groups is 1. The third-order valence-electron chi connectivity index (χ3n) is 1.45. The number of rotatable bonds is 1. The number of aromatic nitrogens is 1. The normalized spacial score (nSPS) is 9.50. The topological polar surface area (TPSA) is 77.3 Å². The number of hydrogen-bond donors (Lipinski definition) is 2. The largest absolute Gasteiger partial charge is 0.370 e. The first kappa shape index (κ1) is 8.52. The second kappa shape index (κ2) is 3.21. The summed E-state index contributed by atoms with van der Waals surface area (Å²) < 4.78 is 0. The summed E-state index contributed by atoms with van der Waals surface area (Å²) in [5, 5.41) is 0. The zero-order valence-corrected chi connectivity index (χ0v) is 7.20. The Bertz CT molecular complexity index is 313. The van der Waals surface area contributed by atoms with Crippen molar-refractivity contribution in [2.45, 2.75) is 13.8 Å². The number of nitrogens with two attached hydrogens (primary N) is 2. The highest BCUT2D eigenvalue weighted by atomic mass is 15.0. The number of aliphatic imine (C=N–C) groups is 1. The molecule has 64 valence electrons. The molecule has 1 aromatic rings. The minimum absolute atomic E-state index is 0.0590. The van der Waals surface area contributed by atoms with Crippen molar-refractivity contribution in [1.29, 1.82) is 0 Å². The standard InChI is InChI=1S/C8H12N4/c1-5-3-4-7(6(2)11-5)12-8(9)10/h3-4H,1-2H3,(H4,9,10,12). The molecule has 0 aliphatic heterocycles. The Morgan fingerprint density at radius 1 is 1.33 bits per heavy atom. The summed E-state index contributed by atoms with van der Waals surface area (Å²) in [6.07, 6.45) is 0. The molecule has 0 bridgehead atoms. The fourth-order valence-corrected chi connectivity index (χ4v) is 0.936. The van der Waals surface area contributed by atoms with Crippen molar-refractivity contribution >= 4 is 11.6 Å². The second-order valence-electron chi connectivity index (χ2n) is 2.59. The highest BCUT2D eigenvalue weighted by Gasteiger charge is 1.97. The van der Waals surface area contributed by atoms with Gasteiger partial charge in [-0.05, 0) is 26.0 Å². The van der Waals surface area contributed by atoms with Crippen LogP contribution in [0.15, 0.2) is 17.1 Å². The first-order valence-electron chi connectivity index (χ1n) is 3.63. The molecule has 0 saturated heterocycles. The first-order valence-corrected chi connectivity index (χ1v) is 3.63. The Hall–Kier alpha value is -1.58. The Labute approximate surface area is 71.3 Å². The maximum Gasteiger partial charge on any atom is 0.191 e. The third-order valence-corrected chi connectivity index (χ3v) is 1.45. The van der Waals surface area contributed by atoms with Crippen molar-refractivity contribution in [2.24, 2.45) is 16.5 Å². The number of aryl methyl sites for hydroxylation is 2. The summed E-state index contributed by atoms with van der Waals surface area (Å²) in [4.78, 5) is 8.12. The van der Waals surface area contributed by atoms with Gasteiger partial charge in [0.05, 0.1) is 11.4 Å².